The minimum atomic E-state index is 0.180. The van der Waals surface area contributed by atoms with Gasteiger partial charge in [-0.05, 0) is 60.9 Å². The molecule has 1 atom stereocenters. The zero-order chi connectivity index (χ0) is 20.3. The summed E-state index contributed by atoms with van der Waals surface area (Å²) in [4.78, 5) is 4.71. The third kappa shape index (κ3) is 4.95. The first-order valence-corrected chi connectivity index (χ1v) is 10.6. The topological polar surface area (TPSA) is 52.8 Å². The van der Waals surface area contributed by atoms with Gasteiger partial charge in [0.1, 0.15) is 11.5 Å². The number of phenolic OH excluding ortho intramolecular Hbond substituents is 2. The molecule has 0 aliphatic carbocycles. The van der Waals surface area contributed by atoms with Crippen molar-refractivity contribution < 1.29 is 10.2 Å². The van der Waals surface area contributed by atoms with Crippen LogP contribution in [0.5, 0.6) is 11.5 Å². The summed E-state index contributed by atoms with van der Waals surface area (Å²) in [6.45, 7) is 8.84. The van der Waals surface area contributed by atoms with Crippen molar-refractivity contribution in [3.05, 3.63) is 52.6 Å². The van der Waals surface area contributed by atoms with Crippen LogP contribution < -0.4 is 0 Å². The van der Waals surface area contributed by atoms with Gasteiger partial charge in [-0.3, -0.25) is 4.99 Å². The Balaban J connectivity index is 1.66. The molecule has 0 bridgehead atoms. The summed E-state index contributed by atoms with van der Waals surface area (Å²) in [5.74, 6) is 1.70. The zero-order valence-electron chi connectivity index (χ0n) is 17.6. The molecule has 3 nitrogen and oxygen atoms in total. The number of rotatable bonds is 8. The molecule has 0 aromatic heterocycles. The molecule has 2 aromatic rings. The molecule has 28 heavy (non-hydrogen) atoms. The molecular weight excluding hydrogens is 346 g/mol. The van der Waals surface area contributed by atoms with Crippen LogP contribution in [-0.2, 0) is 12.8 Å². The molecule has 1 heterocycles. The molecule has 0 spiro atoms. The molecule has 1 unspecified atom stereocenters. The highest BCUT2D eigenvalue weighted by molar-refractivity contribution is 6.07. The Kier molecular flexibility index (Phi) is 6.43. The van der Waals surface area contributed by atoms with Gasteiger partial charge < -0.3 is 10.2 Å². The van der Waals surface area contributed by atoms with Crippen molar-refractivity contribution >= 4 is 11.4 Å². The van der Waals surface area contributed by atoms with Gasteiger partial charge in [0.15, 0.2) is 0 Å². The lowest BCUT2D eigenvalue weighted by Crippen LogP contribution is -2.03. The highest BCUT2D eigenvalue weighted by atomic mass is 16.3. The molecule has 2 aromatic carbocycles. The van der Waals surface area contributed by atoms with Crippen LogP contribution in [0.2, 0.25) is 0 Å². The summed E-state index contributed by atoms with van der Waals surface area (Å²) in [6, 6.07) is 9.80. The standard InChI is InChI=1S/C25H33NO2/c1-16(2)6-5-7-17(3)9-11-21-24(27)14-20(15-25(21)28)23-13-19-10-8-18(4)12-22(19)26-23/h8,10,12,14-17,27-28H,5-7,9,11,13H2,1-4H3. The molecule has 0 fully saturated rings. The summed E-state index contributed by atoms with van der Waals surface area (Å²) in [6.07, 6.45) is 6.12. The number of fused-ring (bicyclic) bond motifs is 1. The van der Waals surface area contributed by atoms with Gasteiger partial charge in [-0.25, -0.2) is 0 Å². The highest BCUT2D eigenvalue weighted by Crippen LogP contribution is 2.35. The first kappa shape index (κ1) is 20.4. The van der Waals surface area contributed by atoms with E-state index < -0.39 is 0 Å². The Morgan fingerprint density at radius 3 is 2.36 bits per heavy atom. The van der Waals surface area contributed by atoms with Crippen molar-refractivity contribution in [1.82, 2.24) is 0 Å². The molecular formula is C25H33NO2. The smallest absolute Gasteiger partial charge is 0.123 e. The molecule has 3 heteroatoms. The summed E-state index contributed by atoms with van der Waals surface area (Å²) in [5.41, 5.74) is 5.74. The van der Waals surface area contributed by atoms with Gasteiger partial charge in [0.25, 0.3) is 0 Å². The lowest BCUT2D eigenvalue weighted by Gasteiger charge is -2.14. The molecule has 150 valence electrons. The van der Waals surface area contributed by atoms with Crippen molar-refractivity contribution in [2.45, 2.75) is 66.2 Å². The predicted octanol–water partition coefficient (Wildman–Crippen LogP) is 6.48. The van der Waals surface area contributed by atoms with E-state index in [2.05, 4.69) is 45.9 Å². The number of hydrogen-bond donors (Lipinski definition) is 2. The predicted molar refractivity (Wildman–Crippen MR) is 117 cm³/mol. The Morgan fingerprint density at radius 2 is 1.68 bits per heavy atom. The monoisotopic (exact) mass is 379 g/mol. The van der Waals surface area contributed by atoms with Crippen molar-refractivity contribution in [2.75, 3.05) is 0 Å². The molecule has 3 rings (SSSR count). The van der Waals surface area contributed by atoms with Crippen molar-refractivity contribution in [2.24, 2.45) is 16.8 Å². The Bertz CT molecular complexity index is 844. The van der Waals surface area contributed by atoms with Crippen molar-refractivity contribution in [1.29, 1.82) is 0 Å². The quantitative estimate of drug-likeness (QED) is 0.551. The van der Waals surface area contributed by atoms with Crippen LogP contribution in [-0.4, -0.2) is 15.9 Å². The van der Waals surface area contributed by atoms with E-state index in [0.717, 1.165) is 35.7 Å². The summed E-state index contributed by atoms with van der Waals surface area (Å²) >= 11 is 0. The minimum absolute atomic E-state index is 0.180. The van der Waals surface area contributed by atoms with Gasteiger partial charge in [-0.1, -0.05) is 52.2 Å². The number of aryl methyl sites for hydroxylation is 1. The van der Waals surface area contributed by atoms with Crippen LogP contribution in [0.3, 0.4) is 0 Å². The van der Waals surface area contributed by atoms with E-state index in [1.807, 2.05) is 0 Å². The van der Waals surface area contributed by atoms with E-state index in [0.29, 0.717) is 17.9 Å². The van der Waals surface area contributed by atoms with Crippen molar-refractivity contribution in [3.8, 4) is 11.5 Å². The summed E-state index contributed by atoms with van der Waals surface area (Å²) in [5, 5.41) is 21.1. The Hall–Kier alpha value is -2.29. The van der Waals surface area contributed by atoms with Crippen LogP contribution in [0.15, 0.2) is 35.3 Å². The second kappa shape index (κ2) is 8.81. The average molecular weight is 380 g/mol. The molecule has 0 saturated carbocycles. The van der Waals surface area contributed by atoms with Gasteiger partial charge in [0.2, 0.25) is 0 Å². The Morgan fingerprint density at radius 1 is 0.964 bits per heavy atom. The molecule has 1 aliphatic heterocycles. The number of phenols is 2. The Labute approximate surface area is 169 Å². The lowest BCUT2D eigenvalue weighted by molar-refractivity contribution is 0.414. The first-order chi connectivity index (χ1) is 13.3. The van der Waals surface area contributed by atoms with Crippen LogP contribution >= 0.6 is 0 Å². The summed E-state index contributed by atoms with van der Waals surface area (Å²) < 4.78 is 0. The van der Waals surface area contributed by atoms with E-state index >= 15 is 0 Å². The maximum absolute atomic E-state index is 10.5. The minimum Gasteiger partial charge on any atom is -0.508 e. The molecule has 2 N–H and O–H groups in total. The molecule has 0 amide bonds. The maximum Gasteiger partial charge on any atom is 0.123 e. The fourth-order valence-electron chi connectivity index (χ4n) is 3.93. The van der Waals surface area contributed by atoms with E-state index in [1.165, 1.54) is 30.4 Å². The van der Waals surface area contributed by atoms with Gasteiger partial charge in [-0.2, -0.15) is 0 Å². The van der Waals surface area contributed by atoms with Gasteiger partial charge in [0, 0.05) is 17.5 Å². The fourth-order valence-corrected chi connectivity index (χ4v) is 3.93. The average Bonchev–Trinajstić information content (AvgIpc) is 3.03. The van der Waals surface area contributed by atoms with E-state index in [-0.39, 0.29) is 11.5 Å². The number of benzene rings is 2. The van der Waals surface area contributed by atoms with E-state index in [1.54, 1.807) is 12.1 Å². The SMILES string of the molecule is Cc1ccc2c(c1)N=C(c1cc(O)c(CCC(C)CCCC(C)C)c(O)c1)C2. The van der Waals surface area contributed by atoms with E-state index in [9.17, 15) is 10.2 Å². The third-order valence-corrected chi connectivity index (χ3v) is 5.76. The zero-order valence-corrected chi connectivity index (χ0v) is 17.6. The summed E-state index contributed by atoms with van der Waals surface area (Å²) in [7, 11) is 0. The van der Waals surface area contributed by atoms with E-state index in [4.69, 9.17) is 4.99 Å². The first-order valence-electron chi connectivity index (χ1n) is 10.6. The highest BCUT2D eigenvalue weighted by Gasteiger charge is 2.19. The van der Waals surface area contributed by atoms with Crippen molar-refractivity contribution in [3.63, 3.8) is 0 Å². The molecule has 0 saturated heterocycles. The van der Waals surface area contributed by atoms with Crippen LogP contribution in [0, 0.1) is 18.8 Å². The van der Waals surface area contributed by atoms with Crippen LogP contribution in [0.1, 0.15) is 68.7 Å². The second-order valence-corrected chi connectivity index (χ2v) is 8.83. The van der Waals surface area contributed by atoms with Crippen LogP contribution in [0.25, 0.3) is 0 Å². The number of nitrogens with zero attached hydrogens (tertiary/aromatic N) is 1. The molecule has 0 radical (unpaired) electrons. The molecule has 1 aliphatic rings. The van der Waals surface area contributed by atoms with Crippen LogP contribution in [0.4, 0.5) is 5.69 Å². The fraction of sp³-hybridized carbons (Fsp3) is 0.480. The number of hydrogen-bond acceptors (Lipinski definition) is 3. The number of aromatic hydroxyl groups is 2. The number of aliphatic imine (C=N–C) groups is 1. The lowest BCUT2D eigenvalue weighted by atomic mass is 9.93. The largest absolute Gasteiger partial charge is 0.508 e. The van der Waals surface area contributed by atoms with Gasteiger partial charge >= 0.3 is 0 Å². The maximum atomic E-state index is 10.5. The third-order valence-electron chi connectivity index (χ3n) is 5.76. The van der Waals surface area contributed by atoms with Gasteiger partial charge in [-0.15, -0.1) is 0 Å². The van der Waals surface area contributed by atoms with Gasteiger partial charge in [0.05, 0.1) is 11.4 Å². The normalized spacial score (nSPS) is 14.2. The second-order valence-electron chi connectivity index (χ2n) is 8.83.